The van der Waals surface area contributed by atoms with Crippen LogP contribution < -0.4 is 5.32 Å². The van der Waals surface area contributed by atoms with E-state index in [0.717, 1.165) is 12.0 Å². The van der Waals surface area contributed by atoms with E-state index in [9.17, 15) is 0 Å². The second-order valence-electron chi connectivity index (χ2n) is 4.92. The summed E-state index contributed by atoms with van der Waals surface area (Å²) in [7, 11) is 0. The number of aromatic nitrogens is 1. The predicted octanol–water partition coefficient (Wildman–Crippen LogP) is 3.04. The van der Waals surface area contributed by atoms with E-state index >= 15 is 0 Å². The van der Waals surface area contributed by atoms with Crippen LogP contribution in [-0.2, 0) is 0 Å². The van der Waals surface area contributed by atoms with Gasteiger partial charge in [-0.15, -0.1) is 11.3 Å². The van der Waals surface area contributed by atoms with Gasteiger partial charge in [-0.3, -0.25) is 0 Å². The third-order valence-corrected chi connectivity index (χ3v) is 4.51. The number of aryl methyl sites for hydroxylation is 1. The van der Waals surface area contributed by atoms with E-state index in [-0.39, 0.29) is 0 Å². The molecule has 2 aliphatic rings. The zero-order valence-electron chi connectivity index (χ0n) is 9.20. The van der Waals surface area contributed by atoms with Gasteiger partial charge in [-0.1, -0.05) is 6.42 Å². The van der Waals surface area contributed by atoms with Gasteiger partial charge >= 0.3 is 0 Å². The highest BCUT2D eigenvalue weighted by molar-refractivity contribution is 7.11. The Hall–Kier alpha value is -0.410. The van der Waals surface area contributed by atoms with Crippen molar-refractivity contribution >= 4 is 11.3 Å². The van der Waals surface area contributed by atoms with Gasteiger partial charge in [0.05, 0.1) is 6.04 Å². The molecule has 2 aliphatic carbocycles. The molecule has 2 saturated carbocycles. The molecular weight excluding hydrogens is 204 g/mol. The SMILES string of the molecule is Cc1cnc(C(NC2CCC2)C2CC2)s1. The lowest BCUT2D eigenvalue weighted by molar-refractivity contribution is 0.291. The van der Waals surface area contributed by atoms with E-state index in [2.05, 4.69) is 17.2 Å². The van der Waals surface area contributed by atoms with Crippen molar-refractivity contribution in [1.29, 1.82) is 0 Å². The molecular formula is C12H18N2S. The summed E-state index contributed by atoms with van der Waals surface area (Å²) >= 11 is 1.87. The summed E-state index contributed by atoms with van der Waals surface area (Å²) in [6, 6.07) is 1.34. The zero-order valence-corrected chi connectivity index (χ0v) is 10.0. The quantitative estimate of drug-likeness (QED) is 0.847. The third-order valence-electron chi connectivity index (χ3n) is 3.52. The van der Waals surface area contributed by atoms with Gasteiger partial charge in [-0.2, -0.15) is 0 Å². The Morgan fingerprint density at radius 2 is 2.20 bits per heavy atom. The number of hydrogen-bond donors (Lipinski definition) is 1. The molecule has 0 aromatic carbocycles. The molecule has 3 heteroatoms. The van der Waals surface area contributed by atoms with Crippen LogP contribution in [0.1, 0.15) is 48.0 Å². The first-order chi connectivity index (χ1) is 7.33. The molecule has 1 unspecified atom stereocenters. The third kappa shape index (κ3) is 2.08. The lowest BCUT2D eigenvalue weighted by Crippen LogP contribution is -2.38. The van der Waals surface area contributed by atoms with Crippen LogP contribution in [0.15, 0.2) is 6.20 Å². The maximum absolute atomic E-state index is 4.54. The fourth-order valence-corrected chi connectivity index (χ4v) is 3.11. The molecule has 0 aliphatic heterocycles. The van der Waals surface area contributed by atoms with Gasteiger partial charge in [0.25, 0.3) is 0 Å². The standard InChI is InChI=1S/C12H18N2S/c1-8-7-13-12(15-8)11(9-5-6-9)14-10-3-2-4-10/h7,9-11,14H,2-6H2,1H3. The van der Waals surface area contributed by atoms with Crippen LogP contribution in [0.3, 0.4) is 0 Å². The fourth-order valence-electron chi connectivity index (χ4n) is 2.18. The van der Waals surface area contributed by atoms with Crippen molar-refractivity contribution in [3.05, 3.63) is 16.1 Å². The molecule has 2 nitrogen and oxygen atoms in total. The van der Waals surface area contributed by atoms with Gasteiger partial charge in [0.15, 0.2) is 0 Å². The summed E-state index contributed by atoms with van der Waals surface area (Å²) in [5.74, 6) is 0.871. The summed E-state index contributed by atoms with van der Waals surface area (Å²) in [5.41, 5.74) is 0. The molecule has 0 amide bonds. The zero-order chi connectivity index (χ0) is 10.3. The smallest absolute Gasteiger partial charge is 0.110 e. The Morgan fingerprint density at radius 3 is 2.67 bits per heavy atom. The van der Waals surface area contributed by atoms with Gasteiger partial charge in [-0.25, -0.2) is 4.98 Å². The van der Waals surface area contributed by atoms with Gasteiger partial charge in [0.2, 0.25) is 0 Å². The molecule has 3 rings (SSSR count). The molecule has 1 aromatic heterocycles. The molecule has 82 valence electrons. The minimum absolute atomic E-state index is 0.564. The van der Waals surface area contributed by atoms with Gasteiger partial charge in [0, 0.05) is 17.1 Å². The average molecular weight is 222 g/mol. The van der Waals surface area contributed by atoms with Crippen LogP contribution in [0.5, 0.6) is 0 Å². The normalized spacial score (nSPS) is 23.8. The lowest BCUT2D eigenvalue weighted by Gasteiger charge is -2.30. The Morgan fingerprint density at radius 1 is 1.40 bits per heavy atom. The molecule has 0 radical (unpaired) electrons. The van der Waals surface area contributed by atoms with Crippen molar-refractivity contribution in [3.8, 4) is 0 Å². The first kappa shape index (κ1) is 9.79. The minimum Gasteiger partial charge on any atom is -0.305 e. The topological polar surface area (TPSA) is 24.9 Å². The van der Waals surface area contributed by atoms with Gasteiger partial charge in [-0.05, 0) is 38.5 Å². The Bertz CT molecular complexity index is 339. The van der Waals surface area contributed by atoms with Crippen molar-refractivity contribution in [2.75, 3.05) is 0 Å². The van der Waals surface area contributed by atoms with Crippen molar-refractivity contribution in [2.45, 2.75) is 51.1 Å². The molecule has 1 aromatic rings. The summed E-state index contributed by atoms with van der Waals surface area (Å²) < 4.78 is 0. The number of rotatable bonds is 4. The summed E-state index contributed by atoms with van der Waals surface area (Å²) in [5, 5.41) is 5.11. The van der Waals surface area contributed by atoms with E-state index in [1.807, 2.05) is 17.5 Å². The van der Waals surface area contributed by atoms with Crippen molar-refractivity contribution in [1.82, 2.24) is 10.3 Å². The van der Waals surface area contributed by atoms with Crippen LogP contribution in [-0.4, -0.2) is 11.0 Å². The molecule has 0 bridgehead atoms. The maximum atomic E-state index is 4.54. The molecule has 15 heavy (non-hydrogen) atoms. The minimum atomic E-state index is 0.564. The first-order valence-corrected chi connectivity index (χ1v) is 6.83. The van der Waals surface area contributed by atoms with E-state index in [4.69, 9.17) is 0 Å². The Labute approximate surface area is 95.1 Å². The summed E-state index contributed by atoms with van der Waals surface area (Å²) in [6.07, 6.45) is 8.94. The van der Waals surface area contributed by atoms with Gasteiger partial charge in [0.1, 0.15) is 5.01 Å². The van der Waals surface area contributed by atoms with Crippen molar-refractivity contribution in [3.63, 3.8) is 0 Å². The van der Waals surface area contributed by atoms with Gasteiger partial charge < -0.3 is 5.32 Å². The van der Waals surface area contributed by atoms with Crippen molar-refractivity contribution < 1.29 is 0 Å². The van der Waals surface area contributed by atoms with E-state index < -0.39 is 0 Å². The number of hydrogen-bond acceptors (Lipinski definition) is 3. The number of thiazole rings is 1. The Balaban J connectivity index is 1.71. The largest absolute Gasteiger partial charge is 0.305 e. The lowest BCUT2D eigenvalue weighted by atomic mass is 9.92. The number of nitrogens with one attached hydrogen (secondary N) is 1. The van der Waals surface area contributed by atoms with Crippen LogP contribution in [0.25, 0.3) is 0 Å². The molecule has 1 N–H and O–H groups in total. The highest BCUT2D eigenvalue weighted by Gasteiger charge is 2.36. The second-order valence-corrected chi connectivity index (χ2v) is 6.19. The first-order valence-electron chi connectivity index (χ1n) is 6.01. The monoisotopic (exact) mass is 222 g/mol. The highest BCUT2D eigenvalue weighted by Crippen LogP contribution is 2.43. The molecule has 0 saturated heterocycles. The highest BCUT2D eigenvalue weighted by atomic mass is 32.1. The van der Waals surface area contributed by atoms with Crippen LogP contribution in [0.4, 0.5) is 0 Å². The molecule has 2 fully saturated rings. The Kier molecular flexibility index (Phi) is 2.53. The average Bonchev–Trinajstić information content (AvgIpc) is 2.88. The van der Waals surface area contributed by atoms with E-state index in [1.165, 1.54) is 42.0 Å². The maximum Gasteiger partial charge on any atom is 0.110 e. The van der Waals surface area contributed by atoms with Crippen LogP contribution in [0, 0.1) is 12.8 Å². The van der Waals surface area contributed by atoms with E-state index in [0.29, 0.717) is 6.04 Å². The second kappa shape index (κ2) is 3.87. The fraction of sp³-hybridized carbons (Fsp3) is 0.750. The molecule has 1 atom stereocenters. The van der Waals surface area contributed by atoms with E-state index in [1.54, 1.807) is 0 Å². The van der Waals surface area contributed by atoms with Crippen molar-refractivity contribution in [2.24, 2.45) is 5.92 Å². The summed E-state index contributed by atoms with van der Waals surface area (Å²) in [6.45, 7) is 2.15. The van der Waals surface area contributed by atoms with Crippen LogP contribution in [0.2, 0.25) is 0 Å². The summed E-state index contributed by atoms with van der Waals surface area (Å²) in [4.78, 5) is 5.88. The molecule has 1 heterocycles. The molecule has 0 spiro atoms. The predicted molar refractivity (Wildman–Crippen MR) is 63.1 cm³/mol. The van der Waals surface area contributed by atoms with Crippen LogP contribution >= 0.6 is 11.3 Å². The number of nitrogens with zero attached hydrogens (tertiary/aromatic N) is 1.